The minimum Gasteiger partial charge on any atom is -0.508 e. The maximum absolute atomic E-state index is 9.17. The normalized spacial score (nSPS) is 12.6. The van der Waals surface area contributed by atoms with E-state index in [2.05, 4.69) is 12.2 Å². The van der Waals surface area contributed by atoms with Crippen LogP contribution < -0.4 is 5.32 Å². The lowest BCUT2D eigenvalue weighted by molar-refractivity contribution is 0.198. The molecule has 1 aromatic rings. The van der Waals surface area contributed by atoms with Crippen LogP contribution in [-0.4, -0.2) is 31.9 Å². The van der Waals surface area contributed by atoms with Gasteiger partial charge in [-0.05, 0) is 36.6 Å². The second kappa shape index (κ2) is 7.25. The van der Waals surface area contributed by atoms with Crippen molar-refractivity contribution in [1.82, 2.24) is 5.32 Å². The number of methoxy groups -OCH3 is 1. The molecule has 3 nitrogen and oxygen atoms in total. The predicted molar refractivity (Wildman–Crippen MR) is 65.7 cm³/mol. The molecule has 0 heterocycles. The molecule has 1 rings (SSSR count). The van der Waals surface area contributed by atoms with E-state index in [4.69, 9.17) is 9.84 Å². The number of ether oxygens (including phenoxy) is 1. The van der Waals surface area contributed by atoms with E-state index in [-0.39, 0.29) is 0 Å². The lowest BCUT2D eigenvalue weighted by atomic mass is 10.0. The van der Waals surface area contributed by atoms with Gasteiger partial charge in [-0.3, -0.25) is 0 Å². The molecular formula is C13H21NO2. The summed E-state index contributed by atoms with van der Waals surface area (Å²) < 4.78 is 4.96. The van der Waals surface area contributed by atoms with Gasteiger partial charge in [-0.15, -0.1) is 0 Å². The summed E-state index contributed by atoms with van der Waals surface area (Å²) in [6.45, 7) is 4.86. The molecule has 0 bridgehead atoms. The molecule has 1 aromatic carbocycles. The highest BCUT2D eigenvalue weighted by Gasteiger charge is 2.03. The van der Waals surface area contributed by atoms with E-state index in [1.807, 2.05) is 12.1 Å². The fourth-order valence-electron chi connectivity index (χ4n) is 1.63. The van der Waals surface area contributed by atoms with Crippen molar-refractivity contribution >= 4 is 0 Å². The molecule has 1 atom stereocenters. The van der Waals surface area contributed by atoms with Crippen LogP contribution in [0.2, 0.25) is 0 Å². The number of benzene rings is 1. The van der Waals surface area contributed by atoms with Crippen LogP contribution in [0.5, 0.6) is 5.75 Å². The first-order valence-electron chi connectivity index (χ1n) is 5.70. The van der Waals surface area contributed by atoms with E-state index in [0.717, 1.165) is 26.1 Å². The Kier molecular flexibility index (Phi) is 5.90. The van der Waals surface area contributed by atoms with E-state index >= 15 is 0 Å². The summed E-state index contributed by atoms with van der Waals surface area (Å²) in [5.41, 5.74) is 1.26. The van der Waals surface area contributed by atoms with Crippen molar-refractivity contribution in [3.05, 3.63) is 29.8 Å². The highest BCUT2D eigenvalue weighted by atomic mass is 16.5. The maximum Gasteiger partial charge on any atom is 0.115 e. The second-order valence-electron chi connectivity index (χ2n) is 4.17. The molecule has 0 aliphatic carbocycles. The second-order valence-corrected chi connectivity index (χ2v) is 4.17. The van der Waals surface area contributed by atoms with Crippen molar-refractivity contribution in [2.75, 3.05) is 26.8 Å². The molecule has 16 heavy (non-hydrogen) atoms. The Morgan fingerprint density at radius 2 is 2.00 bits per heavy atom. The van der Waals surface area contributed by atoms with Gasteiger partial charge >= 0.3 is 0 Å². The third kappa shape index (κ3) is 5.14. The number of hydrogen-bond donors (Lipinski definition) is 2. The zero-order valence-corrected chi connectivity index (χ0v) is 10.1. The third-order valence-corrected chi connectivity index (χ3v) is 2.50. The van der Waals surface area contributed by atoms with Gasteiger partial charge in [0.1, 0.15) is 5.75 Å². The van der Waals surface area contributed by atoms with Crippen molar-refractivity contribution in [1.29, 1.82) is 0 Å². The van der Waals surface area contributed by atoms with Gasteiger partial charge in [-0.1, -0.05) is 19.1 Å². The van der Waals surface area contributed by atoms with Crippen molar-refractivity contribution < 1.29 is 9.84 Å². The smallest absolute Gasteiger partial charge is 0.115 e. The molecule has 0 radical (unpaired) electrons. The minimum absolute atomic E-state index is 0.328. The molecule has 0 saturated heterocycles. The summed E-state index contributed by atoms with van der Waals surface area (Å²) >= 11 is 0. The Hall–Kier alpha value is -1.06. The summed E-state index contributed by atoms with van der Waals surface area (Å²) in [6, 6.07) is 7.42. The molecule has 2 N–H and O–H groups in total. The largest absolute Gasteiger partial charge is 0.508 e. The number of aromatic hydroxyl groups is 1. The number of phenolic OH excluding ortho intramolecular Hbond substituents is 1. The lowest BCUT2D eigenvalue weighted by Gasteiger charge is -2.12. The molecule has 0 aliphatic rings. The zero-order valence-electron chi connectivity index (χ0n) is 10.1. The van der Waals surface area contributed by atoms with Gasteiger partial charge in [0.05, 0.1) is 6.61 Å². The van der Waals surface area contributed by atoms with Gasteiger partial charge in [0, 0.05) is 13.7 Å². The Morgan fingerprint density at radius 3 is 2.62 bits per heavy atom. The fourth-order valence-corrected chi connectivity index (χ4v) is 1.63. The van der Waals surface area contributed by atoms with Crippen LogP contribution in [0.25, 0.3) is 0 Å². The SMILES string of the molecule is COCCNCC(C)Cc1ccc(O)cc1. The first-order chi connectivity index (χ1) is 7.72. The highest BCUT2D eigenvalue weighted by molar-refractivity contribution is 5.26. The van der Waals surface area contributed by atoms with E-state index in [9.17, 15) is 0 Å². The summed E-state index contributed by atoms with van der Waals surface area (Å²) in [5, 5.41) is 12.5. The molecule has 0 saturated carbocycles. The lowest BCUT2D eigenvalue weighted by Crippen LogP contribution is -2.25. The van der Waals surface area contributed by atoms with Crippen LogP contribution in [0.1, 0.15) is 12.5 Å². The molecule has 0 aromatic heterocycles. The van der Waals surface area contributed by atoms with Crippen LogP contribution >= 0.6 is 0 Å². The molecule has 0 aliphatic heterocycles. The first kappa shape index (κ1) is 13.0. The zero-order chi connectivity index (χ0) is 11.8. The van der Waals surface area contributed by atoms with Gasteiger partial charge in [0.2, 0.25) is 0 Å². The van der Waals surface area contributed by atoms with Gasteiger partial charge < -0.3 is 15.2 Å². The summed E-state index contributed by atoms with van der Waals surface area (Å²) in [7, 11) is 1.71. The average Bonchev–Trinajstić information content (AvgIpc) is 2.28. The van der Waals surface area contributed by atoms with E-state index in [1.54, 1.807) is 19.2 Å². The van der Waals surface area contributed by atoms with E-state index in [1.165, 1.54) is 5.56 Å². The van der Waals surface area contributed by atoms with Gasteiger partial charge in [-0.25, -0.2) is 0 Å². The summed E-state index contributed by atoms with van der Waals surface area (Å²) in [6.07, 6.45) is 1.03. The maximum atomic E-state index is 9.17. The molecule has 90 valence electrons. The van der Waals surface area contributed by atoms with Gasteiger partial charge in [-0.2, -0.15) is 0 Å². The monoisotopic (exact) mass is 223 g/mol. The summed E-state index contributed by atoms with van der Waals surface area (Å²) in [5.74, 6) is 0.913. The van der Waals surface area contributed by atoms with Crippen molar-refractivity contribution in [2.24, 2.45) is 5.92 Å². The van der Waals surface area contributed by atoms with Gasteiger partial charge in [0.25, 0.3) is 0 Å². The minimum atomic E-state index is 0.328. The van der Waals surface area contributed by atoms with Crippen LogP contribution in [0, 0.1) is 5.92 Å². The molecule has 0 fully saturated rings. The predicted octanol–water partition coefficient (Wildman–Crippen LogP) is 1.81. The first-order valence-corrected chi connectivity index (χ1v) is 5.70. The van der Waals surface area contributed by atoms with Crippen LogP contribution in [-0.2, 0) is 11.2 Å². The average molecular weight is 223 g/mol. The van der Waals surface area contributed by atoms with Crippen LogP contribution in [0.4, 0.5) is 0 Å². The number of phenols is 1. The molecule has 0 amide bonds. The number of hydrogen-bond acceptors (Lipinski definition) is 3. The Morgan fingerprint density at radius 1 is 1.31 bits per heavy atom. The quantitative estimate of drug-likeness (QED) is 0.693. The molecule has 3 heteroatoms. The van der Waals surface area contributed by atoms with E-state index < -0.39 is 0 Å². The fraction of sp³-hybridized carbons (Fsp3) is 0.538. The third-order valence-electron chi connectivity index (χ3n) is 2.50. The Labute approximate surface area is 97.4 Å². The van der Waals surface area contributed by atoms with Gasteiger partial charge in [0.15, 0.2) is 0 Å². The summed E-state index contributed by atoms with van der Waals surface area (Å²) in [4.78, 5) is 0. The molecular weight excluding hydrogens is 202 g/mol. The Bertz CT molecular complexity index is 284. The van der Waals surface area contributed by atoms with Crippen molar-refractivity contribution in [3.63, 3.8) is 0 Å². The van der Waals surface area contributed by atoms with Crippen molar-refractivity contribution in [3.8, 4) is 5.75 Å². The van der Waals surface area contributed by atoms with E-state index in [0.29, 0.717) is 11.7 Å². The van der Waals surface area contributed by atoms with Crippen LogP contribution in [0.3, 0.4) is 0 Å². The molecule has 1 unspecified atom stereocenters. The topological polar surface area (TPSA) is 41.5 Å². The molecule has 0 spiro atoms. The number of nitrogens with one attached hydrogen (secondary N) is 1. The van der Waals surface area contributed by atoms with Crippen LogP contribution in [0.15, 0.2) is 24.3 Å². The number of rotatable bonds is 7. The highest BCUT2D eigenvalue weighted by Crippen LogP contribution is 2.13. The standard InChI is InChI=1S/C13H21NO2/c1-11(10-14-7-8-16-2)9-12-3-5-13(15)6-4-12/h3-6,11,14-15H,7-10H2,1-2H3. The Balaban J connectivity index is 2.23. The van der Waals surface area contributed by atoms with Crippen molar-refractivity contribution in [2.45, 2.75) is 13.3 Å².